The van der Waals surface area contributed by atoms with Crippen molar-refractivity contribution in [1.29, 1.82) is 0 Å². The highest BCUT2D eigenvalue weighted by molar-refractivity contribution is 7.92. The first-order chi connectivity index (χ1) is 19.9. The van der Waals surface area contributed by atoms with Crippen molar-refractivity contribution in [2.75, 3.05) is 17.1 Å². The highest BCUT2D eigenvalue weighted by Crippen LogP contribution is 2.26. The Morgan fingerprint density at radius 2 is 1.62 bits per heavy atom. The summed E-state index contributed by atoms with van der Waals surface area (Å²) in [7, 11) is -3.88. The Bertz CT molecular complexity index is 1450. The molecule has 42 heavy (non-hydrogen) atoms. The largest absolute Gasteiger partial charge is 0.489 e. The fourth-order valence-electron chi connectivity index (χ4n) is 4.26. The molecule has 0 aliphatic heterocycles. The van der Waals surface area contributed by atoms with Gasteiger partial charge in [0.1, 0.15) is 24.9 Å². The number of ether oxygens (including phenoxy) is 1. The monoisotopic (exact) mass is 633 g/mol. The van der Waals surface area contributed by atoms with Gasteiger partial charge in [-0.15, -0.1) is 0 Å². The highest BCUT2D eigenvalue weighted by Gasteiger charge is 2.32. The number of nitrogens with one attached hydrogen (secondary N) is 1. The van der Waals surface area contributed by atoms with Gasteiger partial charge in [0, 0.05) is 22.6 Å². The molecule has 3 aromatic rings. The molecule has 0 aliphatic rings. The standard InChI is InChI=1S/C31H37Cl2N3O5S/c1-5-22(3)34-31(38)29(6-2)35(19-24-12-13-25(32)18-28(24)33)30(37)20-36(42(4,39)40)26-14-16-27(17-15-26)41-21-23-10-8-7-9-11-23/h7-18,22,29H,5-6,19-21H2,1-4H3,(H,34,38)/t22-,29-/m0/s1. The van der Waals surface area contributed by atoms with Crippen LogP contribution in [0.4, 0.5) is 5.69 Å². The number of nitrogens with zero attached hydrogens (tertiary/aromatic N) is 2. The van der Waals surface area contributed by atoms with Gasteiger partial charge in [0.25, 0.3) is 0 Å². The summed E-state index contributed by atoms with van der Waals surface area (Å²) in [6.45, 7) is 5.46. The molecule has 3 aromatic carbocycles. The van der Waals surface area contributed by atoms with Crippen LogP contribution in [-0.4, -0.2) is 50.0 Å². The first-order valence-corrected chi connectivity index (χ1v) is 16.3. The molecule has 0 saturated heterocycles. The van der Waals surface area contributed by atoms with E-state index in [0.717, 1.165) is 16.1 Å². The molecule has 0 fully saturated rings. The average molecular weight is 635 g/mol. The fraction of sp³-hybridized carbons (Fsp3) is 0.355. The van der Waals surface area contributed by atoms with Crippen molar-refractivity contribution in [1.82, 2.24) is 10.2 Å². The van der Waals surface area contributed by atoms with Crippen molar-refractivity contribution in [2.24, 2.45) is 0 Å². The van der Waals surface area contributed by atoms with Crippen LogP contribution in [0.3, 0.4) is 0 Å². The predicted molar refractivity (Wildman–Crippen MR) is 168 cm³/mol. The van der Waals surface area contributed by atoms with E-state index in [1.54, 1.807) is 49.4 Å². The lowest BCUT2D eigenvalue weighted by Gasteiger charge is -2.33. The van der Waals surface area contributed by atoms with Crippen molar-refractivity contribution in [2.45, 2.75) is 58.8 Å². The number of carbonyl (C=O) groups excluding carboxylic acids is 2. The van der Waals surface area contributed by atoms with Crippen molar-refractivity contribution < 1.29 is 22.7 Å². The summed E-state index contributed by atoms with van der Waals surface area (Å²) in [5, 5.41) is 3.71. The van der Waals surface area contributed by atoms with Crippen molar-refractivity contribution in [3.05, 3.63) is 94.0 Å². The lowest BCUT2D eigenvalue weighted by molar-refractivity contribution is -0.140. The van der Waals surface area contributed by atoms with Crippen LogP contribution in [0.5, 0.6) is 5.75 Å². The lowest BCUT2D eigenvalue weighted by Crippen LogP contribution is -2.53. The molecule has 1 N–H and O–H groups in total. The van der Waals surface area contributed by atoms with E-state index in [4.69, 9.17) is 27.9 Å². The molecule has 2 atom stereocenters. The highest BCUT2D eigenvalue weighted by atomic mass is 35.5. The summed E-state index contributed by atoms with van der Waals surface area (Å²) in [6, 6.07) is 20.1. The quantitative estimate of drug-likeness (QED) is 0.233. The van der Waals surface area contributed by atoms with Gasteiger partial charge in [0.2, 0.25) is 21.8 Å². The maximum absolute atomic E-state index is 13.9. The SMILES string of the molecule is CC[C@H](C)NC(=O)[C@H](CC)N(Cc1ccc(Cl)cc1Cl)C(=O)CN(c1ccc(OCc2ccccc2)cc1)S(C)(=O)=O. The maximum atomic E-state index is 13.9. The second kappa shape index (κ2) is 15.3. The minimum atomic E-state index is -3.88. The minimum Gasteiger partial charge on any atom is -0.489 e. The van der Waals surface area contributed by atoms with Gasteiger partial charge in [-0.2, -0.15) is 0 Å². The van der Waals surface area contributed by atoms with E-state index in [-0.39, 0.29) is 18.5 Å². The molecular weight excluding hydrogens is 597 g/mol. The number of halogens is 2. The second-order valence-electron chi connectivity index (χ2n) is 10.0. The third-order valence-corrected chi connectivity index (χ3v) is 8.52. The number of amides is 2. The normalized spacial score (nSPS) is 12.7. The minimum absolute atomic E-state index is 0.00880. The van der Waals surface area contributed by atoms with Crippen LogP contribution in [0.15, 0.2) is 72.8 Å². The summed E-state index contributed by atoms with van der Waals surface area (Å²) >= 11 is 12.5. The van der Waals surface area contributed by atoms with E-state index in [9.17, 15) is 18.0 Å². The van der Waals surface area contributed by atoms with Gasteiger partial charge in [0.05, 0.1) is 11.9 Å². The van der Waals surface area contributed by atoms with Crippen molar-refractivity contribution in [3.63, 3.8) is 0 Å². The summed E-state index contributed by atoms with van der Waals surface area (Å²) in [5.74, 6) is -0.327. The van der Waals surface area contributed by atoms with Crippen molar-refractivity contribution in [3.8, 4) is 5.75 Å². The first-order valence-electron chi connectivity index (χ1n) is 13.7. The molecule has 0 aliphatic carbocycles. The molecule has 0 bridgehead atoms. The molecule has 0 unspecified atom stereocenters. The van der Waals surface area contributed by atoms with Crippen LogP contribution in [0, 0.1) is 0 Å². The zero-order valence-electron chi connectivity index (χ0n) is 24.2. The Morgan fingerprint density at radius 3 is 2.19 bits per heavy atom. The van der Waals surface area contributed by atoms with Gasteiger partial charge in [-0.05, 0) is 67.3 Å². The van der Waals surface area contributed by atoms with Gasteiger partial charge < -0.3 is 15.0 Å². The molecule has 0 aromatic heterocycles. The van der Waals surface area contributed by atoms with Gasteiger partial charge in [-0.3, -0.25) is 13.9 Å². The third kappa shape index (κ3) is 9.37. The molecule has 8 nitrogen and oxygen atoms in total. The zero-order chi connectivity index (χ0) is 30.9. The number of carbonyl (C=O) groups is 2. The Balaban J connectivity index is 1.88. The van der Waals surface area contributed by atoms with Gasteiger partial charge >= 0.3 is 0 Å². The molecule has 0 spiro atoms. The zero-order valence-corrected chi connectivity index (χ0v) is 26.5. The Labute approximate surface area is 258 Å². The van der Waals surface area contributed by atoms with Crippen LogP contribution < -0.4 is 14.4 Å². The third-order valence-electron chi connectivity index (χ3n) is 6.79. The van der Waals surface area contributed by atoms with Crippen LogP contribution in [0.2, 0.25) is 10.0 Å². The van der Waals surface area contributed by atoms with Crippen LogP contribution in [-0.2, 0) is 32.8 Å². The number of hydrogen-bond donors (Lipinski definition) is 1. The predicted octanol–water partition coefficient (Wildman–Crippen LogP) is 6.06. The molecule has 226 valence electrons. The second-order valence-corrected chi connectivity index (χ2v) is 12.8. The van der Waals surface area contributed by atoms with Crippen molar-refractivity contribution >= 4 is 50.7 Å². The van der Waals surface area contributed by atoms with E-state index in [1.165, 1.54) is 4.90 Å². The average Bonchev–Trinajstić information content (AvgIpc) is 2.96. The van der Waals surface area contributed by atoms with Gasteiger partial charge in [-0.25, -0.2) is 8.42 Å². The molecule has 3 rings (SSSR count). The molecular formula is C31H37Cl2N3O5S. The number of sulfonamides is 1. The van der Waals surface area contributed by atoms with Crippen LogP contribution in [0.25, 0.3) is 0 Å². The number of rotatable bonds is 14. The number of benzene rings is 3. The number of hydrogen-bond acceptors (Lipinski definition) is 5. The van der Waals surface area contributed by atoms with E-state index in [0.29, 0.717) is 46.5 Å². The Kier molecular flexibility index (Phi) is 12.1. The van der Waals surface area contributed by atoms with Crippen LogP contribution >= 0.6 is 23.2 Å². The molecule has 11 heteroatoms. The van der Waals surface area contributed by atoms with Gasteiger partial charge in [-0.1, -0.05) is 73.4 Å². The lowest BCUT2D eigenvalue weighted by atomic mass is 10.1. The first kappa shape index (κ1) is 33.2. The smallest absolute Gasteiger partial charge is 0.244 e. The fourth-order valence-corrected chi connectivity index (χ4v) is 5.58. The summed E-state index contributed by atoms with van der Waals surface area (Å²) in [4.78, 5) is 28.5. The topological polar surface area (TPSA) is 96.0 Å². The number of anilines is 1. The Hall–Kier alpha value is -3.27. The summed E-state index contributed by atoms with van der Waals surface area (Å²) in [6.07, 6.45) is 2.06. The van der Waals surface area contributed by atoms with E-state index in [2.05, 4.69) is 5.32 Å². The summed E-state index contributed by atoms with van der Waals surface area (Å²) < 4.78 is 32.6. The van der Waals surface area contributed by atoms with E-state index >= 15 is 0 Å². The van der Waals surface area contributed by atoms with Gasteiger partial charge in [0.15, 0.2) is 0 Å². The van der Waals surface area contributed by atoms with E-state index < -0.39 is 28.5 Å². The molecule has 2 amide bonds. The molecule has 0 heterocycles. The molecule has 0 radical (unpaired) electrons. The van der Waals surface area contributed by atoms with E-state index in [1.807, 2.05) is 44.2 Å². The Morgan fingerprint density at radius 1 is 0.952 bits per heavy atom. The molecule has 0 saturated carbocycles. The van der Waals surface area contributed by atoms with Crippen LogP contribution in [0.1, 0.15) is 44.7 Å². The summed E-state index contributed by atoms with van der Waals surface area (Å²) in [5.41, 5.74) is 1.86. The maximum Gasteiger partial charge on any atom is 0.244 e.